The minimum absolute atomic E-state index is 0.0801. The maximum absolute atomic E-state index is 13.7. The van der Waals surface area contributed by atoms with Crippen molar-refractivity contribution < 1.29 is 18.0 Å². The first-order chi connectivity index (χ1) is 11.6. The average Bonchev–Trinajstić information content (AvgIpc) is 3.04. The quantitative estimate of drug-likeness (QED) is 0.853. The van der Waals surface area contributed by atoms with E-state index >= 15 is 0 Å². The van der Waals surface area contributed by atoms with E-state index in [0.717, 1.165) is 44.6 Å². The summed E-state index contributed by atoms with van der Waals surface area (Å²) in [6, 6.07) is 1.47. The van der Waals surface area contributed by atoms with Crippen molar-refractivity contribution in [2.45, 2.75) is 38.1 Å². The zero-order chi connectivity index (χ0) is 17.1. The highest BCUT2D eigenvalue weighted by Gasteiger charge is 2.31. The fourth-order valence-electron chi connectivity index (χ4n) is 3.54. The Hall–Kier alpha value is -1.76. The molecule has 1 aromatic rings. The van der Waals surface area contributed by atoms with Crippen molar-refractivity contribution in [3.05, 3.63) is 29.6 Å². The molecule has 1 atom stereocenters. The van der Waals surface area contributed by atoms with Crippen LogP contribution >= 0.6 is 0 Å². The number of rotatable bonds is 3. The average molecular weight is 341 g/mol. The molecule has 2 heterocycles. The lowest BCUT2D eigenvalue weighted by Gasteiger charge is -2.33. The van der Waals surface area contributed by atoms with Crippen molar-refractivity contribution in [2.24, 2.45) is 0 Å². The second-order valence-corrected chi connectivity index (χ2v) is 6.50. The van der Waals surface area contributed by atoms with Gasteiger partial charge in [0.1, 0.15) is 0 Å². The lowest BCUT2D eigenvalue weighted by molar-refractivity contribution is 0.161. The van der Waals surface area contributed by atoms with Gasteiger partial charge in [0.15, 0.2) is 17.5 Å². The van der Waals surface area contributed by atoms with E-state index in [1.165, 1.54) is 19.3 Å². The molecule has 0 bridgehead atoms. The predicted molar refractivity (Wildman–Crippen MR) is 85.4 cm³/mol. The van der Waals surface area contributed by atoms with Gasteiger partial charge in [0.25, 0.3) is 0 Å². The SMILES string of the molecule is O=C(Nc1ccc(F)c(F)c1F)N1CCC[C@@H]1CN1CCCCC1. The highest BCUT2D eigenvalue weighted by Crippen LogP contribution is 2.24. The Balaban J connectivity index is 1.64. The van der Waals surface area contributed by atoms with Crippen LogP contribution < -0.4 is 5.32 Å². The van der Waals surface area contributed by atoms with Crippen LogP contribution in [0.2, 0.25) is 0 Å². The minimum Gasteiger partial charge on any atom is -0.320 e. The fourth-order valence-corrected chi connectivity index (χ4v) is 3.54. The Kier molecular flexibility index (Phi) is 5.28. The van der Waals surface area contributed by atoms with E-state index in [4.69, 9.17) is 0 Å². The van der Waals surface area contributed by atoms with Crippen LogP contribution in [-0.2, 0) is 0 Å². The molecular weight excluding hydrogens is 319 g/mol. The molecule has 1 aromatic carbocycles. The van der Waals surface area contributed by atoms with E-state index < -0.39 is 23.5 Å². The van der Waals surface area contributed by atoms with Crippen molar-refractivity contribution in [1.29, 1.82) is 0 Å². The number of anilines is 1. The maximum Gasteiger partial charge on any atom is 0.322 e. The number of nitrogens with one attached hydrogen (secondary N) is 1. The topological polar surface area (TPSA) is 35.6 Å². The van der Waals surface area contributed by atoms with Crippen molar-refractivity contribution in [1.82, 2.24) is 9.80 Å². The van der Waals surface area contributed by atoms with Gasteiger partial charge >= 0.3 is 6.03 Å². The third-order valence-corrected chi connectivity index (χ3v) is 4.83. The van der Waals surface area contributed by atoms with Crippen LogP contribution in [0.15, 0.2) is 12.1 Å². The molecule has 0 unspecified atom stereocenters. The van der Waals surface area contributed by atoms with Gasteiger partial charge in [-0.05, 0) is 50.9 Å². The summed E-state index contributed by atoms with van der Waals surface area (Å²) in [5.41, 5.74) is -0.331. The maximum atomic E-state index is 13.7. The monoisotopic (exact) mass is 341 g/mol. The third kappa shape index (κ3) is 3.66. The Morgan fingerprint density at radius 3 is 2.54 bits per heavy atom. The van der Waals surface area contributed by atoms with Crippen LogP contribution in [0, 0.1) is 17.5 Å². The lowest BCUT2D eigenvalue weighted by atomic mass is 10.1. The van der Waals surface area contributed by atoms with Gasteiger partial charge in [-0.3, -0.25) is 0 Å². The molecule has 2 aliphatic rings. The van der Waals surface area contributed by atoms with Gasteiger partial charge in [-0.2, -0.15) is 0 Å². The first-order valence-electron chi connectivity index (χ1n) is 8.49. The minimum atomic E-state index is -1.57. The Morgan fingerprint density at radius 2 is 1.79 bits per heavy atom. The summed E-state index contributed by atoms with van der Waals surface area (Å²) in [5, 5.41) is 2.37. The van der Waals surface area contributed by atoms with E-state index in [1.54, 1.807) is 4.90 Å². The van der Waals surface area contributed by atoms with Crippen LogP contribution in [0.25, 0.3) is 0 Å². The summed E-state index contributed by atoms with van der Waals surface area (Å²) in [7, 11) is 0. The molecule has 0 spiro atoms. The highest BCUT2D eigenvalue weighted by molar-refractivity contribution is 5.89. The normalized spacial score (nSPS) is 22.0. The number of likely N-dealkylation sites (tertiary alicyclic amines) is 2. The second-order valence-electron chi connectivity index (χ2n) is 6.50. The molecule has 0 aromatic heterocycles. The summed E-state index contributed by atoms with van der Waals surface area (Å²) >= 11 is 0. The lowest BCUT2D eigenvalue weighted by Crippen LogP contribution is -2.46. The Bertz CT molecular complexity index is 605. The first kappa shape index (κ1) is 17.1. The molecule has 0 radical (unpaired) electrons. The summed E-state index contributed by atoms with van der Waals surface area (Å²) in [6.45, 7) is 3.50. The Labute approximate surface area is 139 Å². The van der Waals surface area contributed by atoms with Crippen LogP contribution in [0.5, 0.6) is 0 Å². The standard InChI is InChI=1S/C17H22F3N3O/c18-13-6-7-14(16(20)15(13)19)21-17(24)23-10-4-5-12(23)11-22-8-2-1-3-9-22/h6-7,12H,1-5,8-11H2,(H,21,24)/t12-/m1/s1. The molecule has 0 saturated carbocycles. The van der Waals surface area contributed by atoms with Crippen LogP contribution in [0.1, 0.15) is 32.1 Å². The number of halogens is 3. The molecule has 1 N–H and O–H groups in total. The molecule has 132 valence electrons. The van der Waals surface area contributed by atoms with E-state index in [0.29, 0.717) is 6.54 Å². The number of hydrogen-bond donors (Lipinski definition) is 1. The van der Waals surface area contributed by atoms with Crippen molar-refractivity contribution in [3.63, 3.8) is 0 Å². The van der Waals surface area contributed by atoms with E-state index in [2.05, 4.69) is 10.2 Å². The summed E-state index contributed by atoms with van der Waals surface area (Å²) in [5.74, 6) is -4.20. The number of nitrogens with zero attached hydrogens (tertiary/aromatic N) is 2. The molecule has 4 nitrogen and oxygen atoms in total. The number of amides is 2. The molecule has 3 rings (SSSR count). The molecule has 2 fully saturated rings. The molecule has 7 heteroatoms. The van der Waals surface area contributed by atoms with E-state index in [9.17, 15) is 18.0 Å². The number of urea groups is 1. The molecule has 2 aliphatic heterocycles. The van der Waals surface area contributed by atoms with Crippen molar-refractivity contribution >= 4 is 11.7 Å². The largest absolute Gasteiger partial charge is 0.322 e. The number of piperidine rings is 1. The molecule has 2 amide bonds. The summed E-state index contributed by atoms with van der Waals surface area (Å²) < 4.78 is 40.0. The number of benzene rings is 1. The highest BCUT2D eigenvalue weighted by atomic mass is 19.2. The number of carbonyl (C=O) groups excluding carboxylic acids is 1. The van der Waals surface area contributed by atoms with Crippen LogP contribution in [0.3, 0.4) is 0 Å². The van der Waals surface area contributed by atoms with Crippen LogP contribution in [0.4, 0.5) is 23.7 Å². The van der Waals surface area contributed by atoms with E-state index in [-0.39, 0.29) is 11.7 Å². The smallest absolute Gasteiger partial charge is 0.320 e. The van der Waals surface area contributed by atoms with Gasteiger partial charge in [-0.25, -0.2) is 18.0 Å². The third-order valence-electron chi connectivity index (χ3n) is 4.83. The predicted octanol–water partition coefficient (Wildman–Crippen LogP) is 3.59. The zero-order valence-electron chi connectivity index (χ0n) is 13.5. The van der Waals surface area contributed by atoms with Gasteiger partial charge in [0, 0.05) is 19.1 Å². The first-order valence-corrected chi connectivity index (χ1v) is 8.49. The van der Waals surface area contributed by atoms with Crippen molar-refractivity contribution in [2.75, 3.05) is 31.5 Å². The summed E-state index contributed by atoms with van der Waals surface area (Å²) in [6.07, 6.45) is 5.41. The molecule has 2 saturated heterocycles. The van der Waals surface area contributed by atoms with Crippen LogP contribution in [-0.4, -0.2) is 48.1 Å². The second kappa shape index (κ2) is 7.42. The molecule has 0 aliphatic carbocycles. The zero-order valence-corrected chi connectivity index (χ0v) is 13.5. The summed E-state index contributed by atoms with van der Waals surface area (Å²) in [4.78, 5) is 16.5. The van der Waals surface area contributed by atoms with Gasteiger partial charge in [-0.15, -0.1) is 0 Å². The van der Waals surface area contributed by atoms with Gasteiger partial charge in [-0.1, -0.05) is 6.42 Å². The molecule has 24 heavy (non-hydrogen) atoms. The number of carbonyl (C=O) groups is 1. The fraction of sp³-hybridized carbons (Fsp3) is 0.588. The van der Waals surface area contributed by atoms with E-state index in [1.807, 2.05) is 0 Å². The van der Waals surface area contributed by atoms with Gasteiger partial charge in [0.05, 0.1) is 5.69 Å². The van der Waals surface area contributed by atoms with Gasteiger partial charge < -0.3 is 15.1 Å². The molecular formula is C17H22F3N3O. The van der Waals surface area contributed by atoms with Crippen molar-refractivity contribution in [3.8, 4) is 0 Å². The Morgan fingerprint density at radius 1 is 1.04 bits per heavy atom. The number of hydrogen-bond acceptors (Lipinski definition) is 2. The van der Waals surface area contributed by atoms with Gasteiger partial charge in [0.2, 0.25) is 0 Å².